The molecular formula is C23H25FN2O2. The summed E-state index contributed by atoms with van der Waals surface area (Å²) in [6.07, 6.45) is 3.36. The van der Waals surface area contributed by atoms with Gasteiger partial charge in [0.05, 0.1) is 17.6 Å². The lowest BCUT2D eigenvalue weighted by atomic mass is 9.78. The molecule has 0 atom stereocenters. The van der Waals surface area contributed by atoms with Crippen LogP contribution in [0.4, 0.5) is 10.1 Å². The zero-order valence-electron chi connectivity index (χ0n) is 16.3. The maximum atomic E-state index is 13.3. The van der Waals surface area contributed by atoms with E-state index in [1.165, 1.54) is 12.1 Å². The van der Waals surface area contributed by atoms with Crippen molar-refractivity contribution in [1.29, 1.82) is 5.26 Å². The van der Waals surface area contributed by atoms with E-state index in [1.807, 2.05) is 13.8 Å². The number of nitriles is 1. The van der Waals surface area contributed by atoms with E-state index in [4.69, 9.17) is 4.74 Å². The molecule has 0 bridgehead atoms. The van der Waals surface area contributed by atoms with Crippen LogP contribution in [0, 0.1) is 23.1 Å². The number of benzene rings is 2. The van der Waals surface area contributed by atoms with E-state index in [-0.39, 0.29) is 11.7 Å². The summed E-state index contributed by atoms with van der Waals surface area (Å²) in [5, 5.41) is 12.4. The number of hydrogen-bond donors (Lipinski definition) is 1. The molecule has 1 N–H and O–H groups in total. The third-order valence-electron chi connectivity index (χ3n) is 5.22. The topological polar surface area (TPSA) is 62.1 Å². The Morgan fingerprint density at radius 1 is 1.21 bits per heavy atom. The van der Waals surface area contributed by atoms with Gasteiger partial charge in [0.25, 0.3) is 0 Å². The predicted octanol–water partition coefficient (Wildman–Crippen LogP) is 5.18. The van der Waals surface area contributed by atoms with Crippen LogP contribution in [-0.2, 0) is 10.2 Å². The molecule has 0 aromatic heterocycles. The van der Waals surface area contributed by atoms with Crippen molar-refractivity contribution >= 4 is 11.6 Å². The molecule has 1 amide bonds. The maximum Gasteiger partial charge on any atom is 0.235 e. The van der Waals surface area contributed by atoms with E-state index < -0.39 is 5.41 Å². The van der Waals surface area contributed by atoms with Gasteiger partial charge in [-0.25, -0.2) is 4.39 Å². The second-order valence-corrected chi connectivity index (χ2v) is 7.78. The standard InChI is InChI=1S/C23H25FN2O2/c1-16(2)15-28-21-10-9-20(13-17(21)14-25)26-22(27)23(11-3-4-12-23)18-5-7-19(24)8-6-18/h5-10,13,16H,3-4,11-12,15H2,1-2H3,(H,26,27). The highest BCUT2D eigenvalue weighted by Crippen LogP contribution is 2.42. The van der Waals surface area contributed by atoms with Gasteiger partial charge in [0.2, 0.25) is 5.91 Å². The van der Waals surface area contributed by atoms with Crippen LogP contribution in [0.25, 0.3) is 0 Å². The predicted molar refractivity (Wildman–Crippen MR) is 107 cm³/mol. The summed E-state index contributed by atoms with van der Waals surface area (Å²) < 4.78 is 19.0. The summed E-state index contributed by atoms with van der Waals surface area (Å²) >= 11 is 0. The van der Waals surface area contributed by atoms with Crippen LogP contribution in [0.1, 0.15) is 50.7 Å². The minimum absolute atomic E-state index is 0.114. The van der Waals surface area contributed by atoms with Crippen LogP contribution in [0.15, 0.2) is 42.5 Å². The molecule has 0 unspecified atom stereocenters. The third kappa shape index (κ3) is 4.17. The van der Waals surface area contributed by atoms with Gasteiger partial charge in [-0.2, -0.15) is 5.26 Å². The fourth-order valence-corrected chi connectivity index (χ4v) is 3.72. The minimum atomic E-state index is -0.659. The number of hydrogen-bond acceptors (Lipinski definition) is 3. The third-order valence-corrected chi connectivity index (χ3v) is 5.22. The molecule has 0 spiro atoms. The monoisotopic (exact) mass is 380 g/mol. The summed E-state index contributed by atoms with van der Waals surface area (Å²) in [5.41, 5.74) is 1.13. The lowest BCUT2D eigenvalue weighted by Gasteiger charge is -2.28. The summed E-state index contributed by atoms with van der Waals surface area (Å²) in [5.74, 6) is 0.441. The van der Waals surface area contributed by atoms with Crippen molar-refractivity contribution in [2.75, 3.05) is 11.9 Å². The second-order valence-electron chi connectivity index (χ2n) is 7.78. The summed E-state index contributed by atoms with van der Waals surface area (Å²) in [4.78, 5) is 13.2. The molecule has 4 nitrogen and oxygen atoms in total. The largest absolute Gasteiger partial charge is 0.492 e. The van der Waals surface area contributed by atoms with Crippen LogP contribution in [0.2, 0.25) is 0 Å². The normalized spacial score (nSPS) is 15.2. The van der Waals surface area contributed by atoms with Crippen molar-refractivity contribution in [1.82, 2.24) is 0 Å². The second kappa shape index (κ2) is 8.43. The molecule has 1 saturated carbocycles. The molecule has 2 aromatic rings. The average Bonchev–Trinajstić information content (AvgIpc) is 3.18. The maximum absolute atomic E-state index is 13.3. The highest BCUT2D eigenvalue weighted by Gasteiger charge is 2.42. The molecule has 0 saturated heterocycles. The van der Waals surface area contributed by atoms with E-state index in [1.54, 1.807) is 30.3 Å². The van der Waals surface area contributed by atoms with Crippen LogP contribution in [0.3, 0.4) is 0 Å². The molecule has 1 fully saturated rings. The van der Waals surface area contributed by atoms with Crippen molar-refractivity contribution in [3.63, 3.8) is 0 Å². The molecule has 0 aliphatic heterocycles. The number of anilines is 1. The lowest BCUT2D eigenvalue weighted by Crippen LogP contribution is -2.38. The first-order valence-electron chi connectivity index (χ1n) is 9.69. The number of nitrogens with zero attached hydrogens (tertiary/aromatic N) is 1. The molecule has 0 heterocycles. The molecule has 0 radical (unpaired) electrons. The Morgan fingerprint density at radius 2 is 1.89 bits per heavy atom. The van der Waals surface area contributed by atoms with Crippen LogP contribution < -0.4 is 10.1 Å². The Balaban J connectivity index is 1.82. The molecular weight excluding hydrogens is 355 g/mol. The van der Waals surface area contributed by atoms with E-state index in [2.05, 4.69) is 11.4 Å². The number of rotatable bonds is 6. The van der Waals surface area contributed by atoms with Crippen molar-refractivity contribution in [3.8, 4) is 11.8 Å². The first-order valence-corrected chi connectivity index (χ1v) is 9.69. The Hall–Kier alpha value is -2.87. The van der Waals surface area contributed by atoms with Crippen LogP contribution in [0.5, 0.6) is 5.75 Å². The van der Waals surface area contributed by atoms with Crippen molar-refractivity contribution in [2.45, 2.75) is 44.9 Å². The molecule has 3 rings (SSSR count). The summed E-state index contributed by atoms with van der Waals surface area (Å²) in [6, 6.07) is 13.4. The number of amides is 1. The van der Waals surface area contributed by atoms with Crippen LogP contribution in [-0.4, -0.2) is 12.5 Å². The van der Waals surface area contributed by atoms with Crippen molar-refractivity contribution < 1.29 is 13.9 Å². The molecule has 28 heavy (non-hydrogen) atoms. The highest BCUT2D eigenvalue weighted by atomic mass is 19.1. The van der Waals surface area contributed by atoms with Gasteiger partial charge in [-0.1, -0.05) is 38.8 Å². The average molecular weight is 380 g/mol. The summed E-state index contributed by atoms with van der Waals surface area (Å²) in [6.45, 7) is 4.60. The Kier molecular flexibility index (Phi) is 5.99. The van der Waals surface area contributed by atoms with Gasteiger partial charge in [0.15, 0.2) is 0 Å². The summed E-state index contributed by atoms with van der Waals surface area (Å²) in [7, 11) is 0. The van der Waals surface area contributed by atoms with Gasteiger partial charge < -0.3 is 10.1 Å². The minimum Gasteiger partial charge on any atom is -0.492 e. The van der Waals surface area contributed by atoms with Gasteiger partial charge in [-0.05, 0) is 54.7 Å². The van der Waals surface area contributed by atoms with Crippen LogP contribution >= 0.6 is 0 Å². The van der Waals surface area contributed by atoms with E-state index >= 15 is 0 Å². The van der Waals surface area contributed by atoms with Gasteiger partial charge in [-0.15, -0.1) is 0 Å². The number of nitrogens with one attached hydrogen (secondary N) is 1. The molecule has 146 valence electrons. The Labute approximate surface area is 165 Å². The Morgan fingerprint density at radius 3 is 2.50 bits per heavy atom. The molecule has 5 heteroatoms. The fraction of sp³-hybridized carbons (Fsp3) is 0.391. The van der Waals surface area contributed by atoms with E-state index in [0.29, 0.717) is 29.5 Å². The van der Waals surface area contributed by atoms with Gasteiger partial charge in [-0.3, -0.25) is 4.79 Å². The molecule has 2 aromatic carbocycles. The highest BCUT2D eigenvalue weighted by molar-refractivity contribution is 5.99. The smallest absolute Gasteiger partial charge is 0.235 e. The number of carbonyl (C=O) groups excluding carboxylic acids is 1. The first-order chi connectivity index (χ1) is 13.4. The van der Waals surface area contributed by atoms with Gasteiger partial charge in [0.1, 0.15) is 17.6 Å². The van der Waals surface area contributed by atoms with E-state index in [9.17, 15) is 14.4 Å². The number of halogens is 1. The van der Waals surface area contributed by atoms with Crippen molar-refractivity contribution in [3.05, 3.63) is 59.4 Å². The van der Waals surface area contributed by atoms with Gasteiger partial charge >= 0.3 is 0 Å². The molecule has 1 aliphatic rings. The first kappa shape index (κ1) is 19.9. The quantitative estimate of drug-likeness (QED) is 0.751. The zero-order chi connectivity index (χ0) is 20.1. The van der Waals surface area contributed by atoms with E-state index in [0.717, 1.165) is 31.2 Å². The van der Waals surface area contributed by atoms with Gasteiger partial charge in [0, 0.05) is 5.69 Å². The SMILES string of the molecule is CC(C)COc1ccc(NC(=O)C2(c3ccc(F)cc3)CCCC2)cc1C#N. The Bertz CT molecular complexity index is 878. The van der Waals surface area contributed by atoms with Crippen molar-refractivity contribution in [2.24, 2.45) is 5.92 Å². The fourth-order valence-electron chi connectivity index (χ4n) is 3.72. The number of ether oxygens (including phenoxy) is 1. The number of carbonyl (C=O) groups is 1. The lowest BCUT2D eigenvalue weighted by molar-refractivity contribution is -0.121. The molecule has 1 aliphatic carbocycles. The zero-order valence-corrected chi connectivity index (χ0v) is 16.3.